The van der Waals surface area contributed by atoms with Crippen molar-refractivity contribution >= 4 is 0 Å². The van der Waals surface area contributed by atoms with Crippen LogP contribution in [0.3, 0.4) is 0 Å². The molecule has 0 radical (unpaired) electrons. The molecule has 0 atom stereocenters. The van der Waals surface area contributed by atoms with Gasteiger partial charge in [-0.25, -0.2) is 0 Å². The highest BCUT2D eigenvalue weighted by molar-refractivity contribution is 5.44. The Morgan fingerprint density at radius 1 is 1.12 bits per heavy atom. The molecule has 0 aromatic heterocycles. The van der Waals surface area contributed by atoms with Crippen LogP contribution in [0.25, 0.3) is 0 Å². The van der Waals surface area contributed by atoms with E-state index in [0.717, 1.165) is 16.7 Å². The van der Waals surface area contributed by atoms with E-state index in [9.17, 15) is 0 Å². The molecule has 0 aliphatic carbocycles. The third-order valence-corrected chi connectivity index (χ3v) is 1.99. The second-order valence-corrected chi connectivity index (χ2v) is 3.82. The van der Waals surface area contributed by atoms with E-state index in [4.69, 9.17) is 0 Å². The van der Waals surface area contributed by atoms with Crippen molar-refractivity contribution in [2.45, 2.75) is 13.8 Å². The van der Waals surface area contributed by atoms with Crippen molar-refractivity contribution in [2.24, 2.45) is 0 Å². The molecule has 0 heteroatoms. The Kier molecular flexibility index (Phi) is 4.36. The first-order chi connectivity index (χ1) is 7.58. The number of hydrogen-bond donors (Lipinski definition) is 0. The molecule has 0 nitrogen and oxygen atoms in total. The first kappa shape index (κ1) is 12.1. The molecule has 0 fully saturated rings. The first-order valence-electron chi connectivity index (χ1n) is 5.19. The molecule has 1 aromatic rings. The van der Waals surface area contributed by atoms with Crippen molar-refractivity contribution in [1.29, 1.82) is 0 Å². The van der Waals surface area contributed by atoms with E-state index in [-0.39, 0.29) is 0 Å². The Bertz CT molecular complexity index is 473. The second kappa shape index (κ2) is 5.78. The maximum Gasteiger partial charge on any atom is 0.0249 e. The lowest BCUT2D eigenvalue weighted by molar-refractivity contribution is 1.46. The van der Waals surface area contributed by atoms with Gasteiger partial charge in [0.05, 0.1) is 0 Å². The Balaban J connectivity index is 2.71. The number of benzene rings is 1. The average molecular weight is 208 g/mol. The third kappa shape index (κ3) is 4.48. The summed E-state index contributed by atoms with van der Waals surface area (Å²) in [5.41, 5.74) is 4.05. The van der Waals surface area contributed by atoms with Gasteiger partial charge in [0.15, 0.2) is 0 Å². The Labute approximate surface area is 98.0 Å². The molecule has 1 rings (SSSR count). The highest BCUT2D eigenvalue weighted by Gasteiger charge is 1.86. The summed E-state index contributed by atoms with van der Waals surface area (Å²) in [6.45, 7) is 11.6. The maximum atomic E-state index is 3.86. The molecule has 1 aromatic carbocycles. The number of rotatable bonds is 2. The Morgan fingerprint density at radius 3 is 2.31 bits per heavy atom. The van der Waals surface area contributed by atoms with Gasteiger partial charge >= 0.3 is 0 Å². The predicted octanol–water partition coefficient (Wildman–Crippen LogP) is 4.04. The molecule has 0 aliphatic rings. The van der Waals surface area contributed by atoms with Crippen LogP contribution in [0.4, 0.5) is 0 Å². The smallest absolute Gasteiger partial charge is 0.0249 e. The standard InChI is InChI=1S/C16H16/c1-13(2)5-6-14(3)7-10-16-11-8-15(4)9-12-16/h5-6,8-9,11-12H,1,3H2,2,4H3/b6-5-. The largest absolute Gasteiger partial charge is 0.0961 e. The lowest BCUT2D eigenvalue weighted by Crippen LogP contribution is -1.76. The number of aryl methyl sites for hydroxylation is 1. The van der Waals surface area contributed by atoms with Gasteiger partial charge in [-0.3, -0.25) is 0 Å². The van der Waals surface area contributed by atoms with Crippen molar-refractivity contribution < 1.29 is 0 Å². The summed E-state index contributed by atoms with van der Waals surface area (Å²) in [6, 6.07) is 8.13. The Morgan fingerprint density at radius 2 is 1.75 bits per heavy atom. The van der Waals surface area contributed by atoms with Crippen LogP contribution in [0.5, 0.6) is 0 Å². The molecule has 0 saturated carbocycles. The summed E-state index contributed by atoms with van der Waals surface area (Å²) < 4.78 is 0. The van der Waals surface area contributed by atoms with Crippen LogP contribution in [0.2, 0.25) is 0 Å². The van der Waals surface area contributed by atoms with Gasteiger partial charge in [-0.1, -0.05) is 54.3 Å². The van der Waals surface area contributed by atoms with Gasteiger partial charge in [-0.05, 0) is 32.1 Å². The molecule has 16 heavy (non-hydrogen) atoms. The van der Waals surface area contributed by atoms with Crippen LogP contribution in [0.1, 0.15) is 18.1 Å². The minimum absolute atomic E-state index is 0.795. The fourth-order valence-electron chi connectivity index (χ4n) is 1.07. The molecule has 0 spiro atoms. The van der Waals surface area contributed by atoms with Crippen molar-refractivity contribution in [3.8, 4) is 11.8 Å². The van der Waals surface area contributed by atoms with E-state index in [1.165, 1.54) is 5.56 Å². The molecule has 0 bridgehead atoms. The summed E-state index contributed by atoms with van der Waals surface area (Å²) in [6.07, 6.45) is 3.79. The van der Waals surface area contributed by atoms with Crippen LogP contribution >= 0.6 is 0 Å². The van der Waals surface area contributed by atoms with Crippen LogP contribution in [-0.2, 0) is 0 Å². The quantitative estimate of drug-likeness (QED) is 0.508. The SMILES string of the molecule is C=C(C)/C=C\C(=C)C#Cc1ccc(C)cc1. The summed E-state index contributed by atoms with van der Waals surface area (Å²) in [7, 11) is 0. The molecule has 0 N–H and O–H groups in total. The zero-order valence-corrected chi connectivity index (χ0v) is 9.88. The van der Waals surface area contributed by atoms with Gasteiger partial charge < -0.3 is 0 Å². The van der Waals surface area contributed by atoms with E-state index in [0.29, 0.717) is 0 Å². The third-order valence-electron chi connectivity index (χ3n) is 1.99. The zero-order valence-electron chi connectivity index (χ0n) is 9.88. The highest BCUT2D eigenvalue weighted by Crippen LogP contribution is 2.02. The second-order valence-electron chi connectivity index (χ2n) is 3.82. The predicted molar refractivity (Wildman–Crippen MR) is 71.2 cm³/mol. The van der Waals surface area contributed by atoms with E-state index >= 15 is 0 Å². The Hall–Kier alpha value is -2.00. The van der Waals surface area contributed by atoms with Crippen molar-refractivity contribution in [2.75, 3.05) is 0 Å². The van der Waals surface area contributed by atoms with Crippen molar-refractivity contribution in [3.63, 3.8) is 0 Å². The molecular formula is C16H16. The topological polar surface area (TPSA) is 0 Å². The van der Waals surface area contributed by atoms with Crippen LogP contribution < -0.4 is 0 Å². The lowest BCUT2D eigenvalue weighted by atomic mass is 10.1. The summed E-state index contributed by atoms with van der Waals surface area (Å²) in [4.78, 5) is 0. The van der Waals surface area contributed by atoms with Crippen LogP contribution in [0, 0.1) is 18.8 Å². The monoisotopic (exact) mass is 208 g/mol. The molecule has 0 saturated heterocycles. The van der Waals surface area contributed by atoms with Gasteiger partial charge in [-0.15, -0.1) is 0 Å². The number of hydrogen-bond acceptors (Lipinski definition) is 0. The number of allylic oxidation sites excluding steroid dienone is 4. The fourth-order valence-corrected chi connectivity index (χ4v) is 1.07. The van der Waals surface area contributed by atoms with E-state index in [1.54, 1.807) is 0 Å². The average Bonchev–Trinajstić information content (AvgIpc) is 2.25. The van der Waals surface area contributed by atoms with Crippen LogP contribution in [0.15, 0.2) is 60.7 Å². The first-order valence-corrected chi connectivity index (χ1v) is 5.19. The summed E-state index contributed by atoms with van der Waals surface area (Å²) in [5, 5.41) is 0. The highest BCUT2D eigenvalue weighted by atomic mass is 13.9. The molecule has 80 valence electrons. The molecule has 0 aliphatic heterocycles. The minimum atomic E-state index is 0.795. The molecular weight excluding hydrogens is 192 g/mol. The van der Waals surface area contributed by atoms with E-state index in [1.807, 2.05) is 31.2 Å². The van der Waals surface area contributed by atoms with Gasteiger partial charge in [0.1, 0.15) is 0 Å². The van der Waals surface area contributed by atoms with Gasteiger partial charge in [0.2, 0.25) is 0 Å². The molecule has 0 heterocycles. The van der Waals surface area contributed by atoms with E-state index < -0.39 is 0 Å². The van der Waals surface area contributed by atoms with Gasteiger partial charge in [0.25, 0.3) is 0 Å². The van der Waals surface area contributed by atoms with Gasteiger partial charge in [-0.2, -0.15) is 0 Å². The zero-order chi connectivity index (χ0) is 12.0. The molecule has 0 unspecified atom stereocenters. The fraction of sp³-hybridized carbons (Fsp3) is 0.125. The van der Waals surface area contributed by atoms with Crippen molar-refractivity contribution in [3.05, 3.63) is 71.8 Å². The molecule has 0 amide bonds. The maximum absolute atomic E-state index is 3.86. The lowest BCUT2D eigenvalue weighted by Gasteiger charge is -1.91. The summed E-state index contributed by atoms with van der Waals surface area (Å²) >= 11 is 0. The van der Waals surface area contributed by atoms with Crippen LogP contribution in [-0.4, -0.2) is 0 Å². The minimum Gasteiger partial charge on any atom is -0.0961 e. The normalized spacial score (nSPS) is 9.62. The van der Waals surface area contributed by atoms with Crippen molar-refractivity contribution in [1.82, 2.24) is 0 Å². The van der Waals surface area contributed by atoms with E-state index in [2.05, 4.69) is 44.1 Å². The summed E-state index contributed by atoms with van der Waals surface area (Å²) in [5.74, 6) is 6.07. The van der Waals surface area contributed by atoms with Gasteiger partial charge in [0, 0.05) is 11.1 Å².